The Hall–Kier alpha value is -3.57. The van der Waals surface area contributed by atoms with Crippen molar-refractivity contribution in [2.45, 2.75) is 4.90 Å². The molecule has 0 spiro atoms. The summed E-state index contributed by atoms with van der Waals surface area (Å²) < 4.78 is 27.9. The first-order valence-electron chi connectivity index (χ1n) is 7.45. The second-order valence-corrected chi connectivity index (χ2v) is 6.86. The lowest BCUT2D eigenvalue weighted by molar-refractivity contribution is -0.384. The molecule has 0 aliphatic carbocycles. The molecule has 0 aliphatic rings. The van der Waals surface area contributed by atoms with Crippen molar-refractivity contribution in [3.8, 4) is 11.3 Å². The number of benzene rings is 1. The van der Waals surface area contributed by atoms with Gasteiger partial charge in [0.25, 0.3) is 5.69 Å². The molecule has 1 aromatic carbocycles. The molecule has 0 radical (unpaired) electrons. The molecule has 11 heteroatoms. The van der Waals surface area contributed by atoms with Crippen LogP contribution in [0.4, 0.5) is 11.5 Å². The van der Waals surface area contributed by atoms with Crippen LogP contribution in [-0.2, 0) is 10.0 Å². The fourth-order valence-electron chi connectivity index (χ4n) is 2.10. The Morgan fingerprint density at radius 1 is 1.15 bits per heavy atom. The minimum Gasteiger partial charge on any atom is -0.455 e. The zero-order valence-corrected chi connectivity index (χ0v) is 14.5. The van der Waals surface area contributed by atoms with E-state index in [4.69, 9.17) is 9.56 Å². The summed E-state index contributed by atoms with van der Waals surface area (Å²) in [7, 11) is -3.80. The maximum absolute atomic E-state index is 11.2. The smallest absolute Gasteiger partial charge is 0.269 e. The molecule has 0 saturated carbocycles. The highest BCUT2D eigenvalue weighted by molar-refractivity contribution is 7.89. The van der Waals surface area contributed by atoms with Crippen molar-refractivity contribution < 1.29 is 17.8 Å². The molecule has 3 aromatic rings. The van der Waals surface area contributed by atoms with Crippen molar-refractivity contribution in [1.29, 1.82) is 0 Å². The molecule has 3 N–H and O–H groups in total. The molecule has 0 saturated heterocycles. The summed E-state index contributed by atoms with van der Waals surface area (Å²) in [5, 5.41) is 19.6. The van der Waals surface area contributed by atoms with E-state index in [1.165, 1.54) is 30.5 Å². The zero-order valence-electron chi connectivity index (χ0n) is 13.6. The molecule has 0 amide bonds. The zero-order chi connectivity index (χ0) is 19.4. The molecular formula is C16H13N5O5S. The summed E-state index contributed by atoms with van der Waals surface area (Å²) >= 11 is 0. The van der Waals surface area contributed by atoms with E-state index >= 15 is 0 Å². The SMILES string of the molecule is NS(=O)(=O)c1ccc(N/N=C/c2ccc(-c3ccc([N+](=O)[O-])cc3)o2)nc1. The van der Waals surface area contributed by atoms with Gasteiger partial charge >= 0.3 is 0 Å². The van der Waals surface area contributed by atoms with E-state index in [2.05, 4.69) is 15.5 Å². The van der Waals surface area contributed by atoms with Crippen LogP contribution in [0.5, 0.6) is 0 Å². The topological polar surface area (TPSA) is 154 Å². The Morgan fingerprint density at radius 3 is 2.48 bits per heavy atom. The lowest BCUT2D eigenvalue weighted by Crippen LogP contribution is -2.12. The molecule has 0 atom stereocenters. The van der Waals surface area contributed by atoms with Crippen LogP contribution in [-0.4, -0.2) is 24.5 Å². The Kier molecular flexibility index (Phi) is 4.96. The van der Waals surface area contributed by atoms with Gasteiger partial charge in [0.2, 0.25) is 10.0 Å². The summed E-state index contributed by atoms with van der Waals surface area (Å²) in [5.41, 5.74) is 3.31. The normalized spacial score (nSPS) is 11.6. The molecule has 138 valence electrons. The molecule has 10 nitrogen and oxygen atoms in total. The number of primary sulfonamides is 1. The fraction of sp³-hybridized carbons (Fsp3) is 0. The summed E-state index contributed by atoms with van der Waals surface area (Å²) in [6.45, 7) is 0. The molecule has 2 heterocycles. The Labute approximate surface area is 153 Å². The van der Waals surface area contributed by atoms with Gasteiger partial charge < -0.3 is 4.42 Å². The molecule has 0 bridgehead atoms. The lowest BCUT2D eigenvalue weighted by Gasteiger charge is -2.00. The van der Waals surface area contributed by atoms with E-state index in [1.807, 2.05) is 0 Å². The highest BCUT2D eigenvalue weighted by Gasteiger charge is 2.09. The van der Waals surface area contributed by atoms with Crippen molar-refractivity contribution in [3.05, 3.63) is 70.6 Å². The third-order valence-electron chi connectivity index (χ3n) is 3.43. The molecule has 3 rings (SSSR count). The van der Waals surface area contributed by atoms with Gasteiger partial charge in [0.1, 0.15) is 22.2 Å². The number of hydrogen-bond donors (Lipinski definition) is 2. The number of aromatic nitrogens is 1. The fourth-order valence-corrected chi connectivity index (χ4v) is 2.56. The van der Waals surface area contributed by atoms with E-state index in [1.54, 1.807) is 24.3 Å². The average molecular weight is 387 g/mol. The minimum absolute atomic E-state index is 0.00255. The second kappa shape index (κ2) is 7.35. The van der Waals surface area contributed by atoms with Crippen LogP contribution in [0.1, 0.15) is 5.76 Å². The van der Waals surface area contributed by atoms with Gasteiger partial charge in [-0.25, -0.2) is 18.5 Å². The first-order chi connectivity index (χ1) is 12.8. The minimum atomic E-state index is -3.80. The Balaban J connectivity index is 1.66. The van der Waals surface area contributed by atoms with Crippen molar-refractivity contribution in [2.75, 3.05) is 5.43 Å². The second-order valence-electron chi connectivity index (χ2n) is 5.30. The number of nitro groups is 1. The van der Waals surface area contributed by atoms with Crippen LogP contribution < -0.4 is 10.6 Å². The van der Waals surface area contributed by atoms with Gasteiger partial charge in [-0.1, -0.05) is 0 Å². The third kappa shape index (κ3) is 4.54. The number of nitrogens with one attached hydrogen (secondary N) is 1. The molecule has 0 aliphatic heterocycles. The van der Waals surface area contributed by atoms with Crippen LogP contribution in [0.3, 0.4) is 0 Å². The van der Waals surface area contributed by atoms with E-state index in [0.29, 0.717) is 22.9 Å². The van der Waals surface area contributed by atoms with Crippen molar-refractivity contribution >= 4 is 27.7 Å². The molecule has 2 aromatic heterocycles. The number of furan rings is 1. The number of nitrogens with two attached hydrogens (primary N) is 1. The summed E-state index contributed by atoms with van der Waals surface area (Å²) in [6, 6.07) is 12.1. The van der Waals surface area contributed by atoms with Gasteiger partial charge in [-0.15, -0.1) is 0 Å². The van der Waals surface area contributed by atoms with Crippen molar-refractivity contribution in [3.63, 3.8) is 0 Å². The van der Waals surface area contributed by atoms with E-state index in [-0.39, 0.29) is 10.6 Å². The highest BCUT2D eigenvalue weighted by atomic mass is 32.2. The summed E-state index contributed by atoms with van der Waals surface area (Å²) in [5.74, 6) is 1.29. The van der Waals surface area contributed by atoms with Crippen LogP contribution in [0.2, 0.25) is 0 Å². The number of hydrazone groups is 1. The number of sulfonamides is 1. The number of nitro benzene ring substituents is 1. The average Bonchev–Trinajstić information content (AvgIpc) is 3.10. The molecule has 0 unspecified atom stereocenters. The third-order valence-corrected chi connectivity index (χ3v) is 4.32. The Morgan fingerprint density at radius 2 is 1.89 bits per heavy atom. The molecule has 0 fully saturated rings. The number of non-ortho nitro benzene ring substituents is 1. The predicted octanol–water partition coefficient (Wildman–Crippen LogP) is 2.34. The first-order valence-corrected chi connectivity index (χ1v) is 9.00. The maximum atomic E-state index is 11.2. The maximum Gasteiger partial charge on any atom is 0.269 e. The summed E-state index contributed by atoms with van der Waals surface area (Å²) in [6.07, 6.45) is 2.52. The highest BCUT2D eigenvalue weighted by Crippen LogP contribution is 2.24. The van der Waals surface area contributed by atoms with Gasteiger partial charge in [0.15, 0.2) is 0 Å². The van der Waals surface area contributed by atoms with Gasteiger partial charge in [-0.3, -0.25) is 15.5 Å². The molecular weight excluding hydrogens is 374 g/mol. The number of hydrogen-bond acceptors (Lipinski definition) is 8. The van der Waals surface area contributed by atoms with E-state index < -0.39 is 14.9 Å². The number of nitrogens with zero attached hydrogens (tertiary/aromatic N) is 3. The van der Waals surface area contributed by atoms with Crippen LogP contribution >= 0.6 is 0 Å². The van der Waals surface area contributed by atoms with Gasteiger partial charge in [0.05, 0.1) is 11.1 Å². The first kappa shape index (κ1) is 18.2. The Bertz CT molecular complexity index is 1090. The summed E-state index contributed by atoms with van der Waals surface area (Å²) in [4.78, 5) is 14.0. The standard InChI is InChI=1S/C16H13N5O5S/c17-27(24,25)14-6-8-16(18-10-14)20-19-9-13-5-7-15(26-13)11-1-3-12(4-2-11)21(22)23/h1-10H,(H,18,20)(H2,17,24,25)/b19-9+. The lowest BCUT2D eigenvalue weighted by atomic mass is 10.1. The van der Waals surface area contributed by atoms with E-state index in [0.717, 1.165) is 6.20 Å². The van der Waals surface area contributed by atoms with Crippen molar-refractivity contribution in [1.82, 2.24) is 4.98 Å². The van der Waals surface area contributed by atoms with Crippen LogP contribution in [0, 0.1) is 10.1 Å². The largest absolute Gasteiger partial charge is 0.455 e. The quantitative estimate of drug-likeness (QED) is 0.374. The van der Waals surface area contributed by atoms with Crippen LogP contribution in [0.25, 0.3) is 11.3 Å². The van der Waals surface area contributed by atoms with Gasteiger partial charge in [-0.05, 0) is 36.4 Å². The molecule has 27 heavy (non-hydrogen) atoms. The van der Waals surface area contributed by atoms with Gasteiger partial charge in [-0.2, -0.15) is 5.10 Å². The van der Waals surface area contributed by atoms with E-state index in [9.17, 15) is 18.5 Å². The number of anilines is 1. The van der Waals surface area contributed by atoms with Crippen LogP contribution in [0.15, 0.2) is 69.1 Å². The number of pyridine rings is 1. The van der Waals surface area contributed by atoms with Crippen molar-refractivity contribution in [2.24, 2.45) is 10.2 Å². The van der Waals surface area contributed by atoms with Gasteiger partial charge in [0, 0.05) is 23.9 Å². The predicted molar refractivity (Wildman–Crippen MR) is 97.6 cm³/mol. The monoisotopic (exact) mass is 387 g/mol. The number of rotatable bonds is 6.